The number of carbonyl (C=O) groups excluding carboxylic acids is 2. The van der Waals surface area contributed by atoms with Gasteiger partial charge in [-0.05, 0) is 43.3 Å². The lowest BCUT2D eigenvalue weighted by molar-refractivity contribution is -0.137. The topological polar surface area (TPSA) is 79.7 Å². The second-order valence-electron chi connectivity index (χ2n) is 6.50. The van der Waals surface area contributed by atoms with E-state index in [1.165, 1.54) is 37.0 Å². The fraction of sp³-hybridized carbons (Fsp3) is 0.174. The van der Waals surface area contributed by atoms with E-state index in [1.54, 1.807) is 37.3 Å². The van der Waals surface area contributed by atoms with Gasteiger partial charge in [0, 0.05) is 16.7 Å². The predicted molar refractivity (Wildman–Crippen MR) is 127 cm³/mol. The van der Waals surface area contributed by atoms with Gasteiger partial charge in [0.15, 0.2) is 27.6 Å². The van der Waals surface area contributed by atoms with Crippen molar-refractivity contribution in [2.75, 3.05) is 20.8 Å². The molecule has 0 unspecified atom stereocenters. The summed E-state index contributed by atoms with van der Waals surface area (Å²) in [6.45, 7) is 1.91. The van der Waals surface area contributed by atoms with E-state index in [0.29, 0.717) is 16.5 Å². The molecule has 2 aromatic carbocycles. The van der Waals surface area contributed by atoms with Crippen LogP contribution in [-0.4, -0.2) is 42.1 Å². The average molecular weight is 510 g/mol. The van der Waals surface area contributed by atoms with Gasteiger partial charge >= 0.3 is 5.97 Å². The maximum atomic E-state index is 13.6. The zero-order valence-electron chi connectivity index (χ0n) is 17.9. The van der Waals surface area contributed by atoms with Gasteiger partial charge in [-0.15, -0.1) is 0 Å². The first-order valence-electron chi connectivity index (χ1n) is 9.66. The molecule has 0 spiro atoms. The number of esters is 1. The summed E-state index contributed by atoms with van der Waals surface area (Å²) >= 11 is 18.8. The number of ketones is 1. The Morgan fingerprint density at radius 1 is 1.06 bits per heavy atom. The number of hydrogen-bond acceptors (Lipinski definition) is 6. The highest BCUT2D eigenvalue weighted by atomic mass is 35.5. The molecule has 0 N–H and O–H groups in total. The van der Waals surface area contributed by atoms with Crippen molar-refractivity contribution < 1.29 is 23.8 Å². The van der Waals surface area contributed by atoms with Gasteiger partial charge in [-0.1, -0.05) is 40.9 Å². The van der Waals surface area contributed by atoms with Gasteiger partial charge in [0.25, 0.3) is 0 Å². The van der Waals surface area contributed by atoms with Crippen molar-refractivity contribution in [2.45, 2.75) is 6.92 Å². The molecule has 0 saturated carbocycles. The lowest BCUT2D eigenvalue weighted by Gasteiger charge is -2.15. The molecule has 0 fully saturated rings. The van der Waals surface area contributed by atoms with E-state index in [4.69, 9.17) is 49.0 Å². The molecule has 3 aromatic rings. The minimum absolute atomic E-state index is 0.00696. The molecule has 1 aromatic heterocycles. The number of nitrogens with zero attached hydrogens (tertiary/aromatic N) is 2. The Morgan fingerprint density at radius 3 is 2.48 bits per heavy atom. The van der Waals surface area contributed by atoms with Crippen LogP contribution < -0.4 is 9.47 Å². The molecule has 33 heavy (non-hydrogen) atoms. The van der Waals surface area contributed by atoms with Gasteiger partial charge in [0.05, 0.1) is 32.1 Å². The SMILES string of the molecule is CCOC(=O)/C=C/c1nc(Cl)c(Cl)n1-c1ccc(Cl)cc1C(=O)c1cccc(OC)c1OC. The normalized spacial score (nSPS) is 11.0. The summed E-state index contributed by atoms with van der Waals surface area (Å²) in [6, 6.07) is 9.67. The van der Waals surface area contributed by atoms with Crippen LogP contribution in [0.4, 0.5) is 0 Å². The van der Waals surface area contributed by atoms with Gasteiger partial charge in [-0.3, -0.25) is 9.36 Å². The summed E-state index contributed by atoms with van der Waals surface area (Å²) in [5.74, 6) is -0.0777. The van der Waals surface area contributed by atoms with Crippen LogP contribution >= 0.6 is 34.8 Å². The van der Waals surface area contributed by atoms with E-state index in [1.807, 2.05) is 0 Å². The number of methoxy groups -OCH3 is 2. The first-order chi connectivity index (χ1) is 15.8. The predicted octanol–water partition coefficient (Wildman–Crippen LogP) is 5.66. The van der Waals surface area contributed by atoms with Crippen LogP contribution in [-0.2, 0) is 9.53 Å². The van der Waals surface area contributed by atoms with E-state index in [0.717, 1.165) is 0 Å². The standard InChI is InChI=1S/C23H19Cl3N2O5/c1-4-33-19(29)11-10-18-27-22(25)23(26)28(18)16-9-8-13(24)12-15(16)20(30)14-6-5-7-17(31-2)21(14)32-3/h5-12H,4H2,1-3H3/b11-10+. The molecule has 0 radical (unpaired) electrons. The third kappa shape index (κ3) is 5.16. The van der Waals surface area contributed by atoms with Crippen LogP contribution in [0.5, 0.6) is 11.5 Å². The third-order valence-corrected chi connectivity index (χ3v) is 5.50. The van der Waals surface area contributed by atoms with Crippen molar-refractivity contribution in [3.8, 4) is 17.2 Å². The Hall–Kier alpha value is -3.00. The van der Waals surface area contributed by atoms with Crippen molar-refractivity contribution in [2.24, 2.45) is 0 Å². The Labute approximate surface area is 205 Å². The zero-order chi connectivity index (χ0) is 24.1. The molecule has 0 saturated heterocycles. The van der Waals surface area contributed by atoms with Crippen molar-refractivity contribution in [3.05, 3.63) is 74.8 Å². The molecule has 0 atom stereocenters. The van der Waals surface area contributed by atoms with E-state index in [2.05, 4.69) is 4.98 Å². The number of aromatic nitrogens is 2. The summed E-state index contributed by atoms with van der Waals surface area (Å²) in [6.07, 6.45) is 2.59. The lowest BCUT2D eigenvalue weighted by atomic mass is 10.00. The van der Waals surface area contributed by atoms with Crippen LogP contribution in [0.1, 0.15) is 28.7 Å². The lowest BCUT2D eigenvalue weighted by Crippen LogP contribution is -2.11. The average Bonchev–Trinajstić information content (AvgIpc) is 3.09. The Morgan fingerprint density at radius 2 is 1.82 bits per heavy atom. The van der Waals surface area contributed by atoms with Gasteiger partial charge in [-0.2, -0.15) is 0 Å². The van der Waals surface area contributed by atoms with Crippen molar-refractivity contribution in [1.82, 2.24) is 9.55 Å². The number of carbonyl (C=O) groups is 2. The number of hydrogen-bond donors (Lipinski definition) is 0. The molecule has 10 heteroatoms. The molecular weight excluding hydrogens is 491 g/mol. The van der Waals surface area contributed by atoms with E-state index >= 15 is 0 Å². The van der Waals surface area contributed by atoms with E-state index < -0.39 is 11.8 Å². The number of halogens is 3. The van der Waals surface area contributed by atoms with Crippen LogP contribution in [0.2, 0.25) is 15.3 Å². The van der Waals surface area contributed by atoms with E-state index in [-0.39, 0.29) is 39.6 Å². The molecule has 0 bridgehead atoms. The van der Waals surface area contributed by atoms with Crippen LogP contribution in [0, 0.1) is 0 Å². The van der Waals surface area contributed by atoms with Crippen LogP contribution in [0.15, 0.2) is 42.5 Å². The molecular formula is C23H19Cl3N2O5. The molecule has 0 aliphatic heterocycles. The summed E-state index contributed by atoms with van der Waals surface area (Å²) in [5, 5.41) is 0.372. The second kappa shape index (κ2) is 10.7. The Balaban J connectivity index is 2.20. The number of benzene rings is 2. The highest BCUT2D eigenvalue weighted by Gasteiger charge is 2.24. The maximum Gasteiger partial charge on any atom is 0.330 e. The van der Waals surface area contributed by atoms with Gasteiger partial charge in [-0.25, -0.2) is 9.78 Å². The van der Waals surface area contributed by atoms with Crippen molar-refractivity contribution in [1.29, 1.82) is 0 Å². The van der Waals surface area contributed by atoms with Gasteiger partial charge in [0.2, 0.25) is 0 Å². The highest BCUT2D eigenvalue weighted by Crippen LogP contribution is 2.35. The minimum Gasteiger partial charge on any atom is -0.493 e. The minimum atomic E-state index is -0.562. The third-order valence-electron chi connectivity index (χ3n) is 4.56. The molecule has 0 amide bonds. The summed E-state index contributed by atoms with van der Waals surface area (Å²) in [5.41, 5.74) is 0.810. The maximum absolute atomic E-state index is 13.6. The largest absolute Gasteiger partial charge is 0.493 e. The molecule has 172 valence electrons. The van der Waals surface area contributed by atoms with Crippen LogP contribution in [0.3, 0.4) is 0 Å². The number of ether oxygens (including phenoxy) is 3. The molecule has 0 aliphatic carbocycles. The van der Waals surface area contributed by atoms with Gasteiger partial charge < -0.3 is 14.2 Å². The second-order valence-corrected chi connectivity index (χ2v) is 7.66. The van der Waals surface area contributed by atoms with Crippen molar-refractivity contribution in [3.63, 3.8) is 0 Å². The Bertz CT molecular complexity index is 1240. The first-order valence-corrected chi connectivity index (χ1v) is 10.8. The van der Waals surface area contributed by atoms with Gasteiger partial charge in [0.1, 0.15) is 5.82 Å². The quantitative estimate of drug-likeness (QED) is 0.222. The molecule has 7 nitrogen and oxygen atoms in total. The van der Waals surface area contributed by atoms with Crippen LogP contribution in [0.25, 0.3) is 11.8 Å². The molecule has 0 aliphatic rings. The fourth-order valence-corrected chi connectivity index (χ4v) is 3.72. The number of para-hydroxylation sites is 1. The summed E-state index contributed by atoms with van der Waals surface area (Å²) < 4.78 is 17.1. The number of rotatable bonds is 8. The monoisotopic (exact) mass is 508 g/mol. The van der Waals surface area contributed by atoms with Crippen molar-refractivity contribution >= 4 is 52.6 Å². The summed E-state index contributed by atoms with van der Waals surface area (Å²) in [7, 11) is 2.92. The molecule has 1 heterocycles. The number of imidazole rings is 1. The highest BCUT2D eigenvalue weighted by molar-refractivity contribution is 6.41. The zero-order valence-corrected chi connectivity index (χ0v) is 20.2. The molecule has 3 rings (SSSR count). The smallest absolute Gasteiger partial charge is 0.330 e. The fourth-order valence-electron chi connectivity index (χ4n) is 3.16. The Kier molecular flexibility index (Phi) is 8.02. The summed E-state index contributed by atoms with van der Waals surface area (Å²) in [4.78, 5) is 29.6. The van der Waals surface area contributed by atoms with E-state index in [9.17, 15) is 9.59 Å². The first kappa shape index (κ1) is 24.6.